The topological polar surface area (TPSA) is 49.3 Å². The summed E-state index contributed by atoms with van der Waals surface area (Å²) in [5.41, 5.74) is 1.29. The lowest BCUT2D eigenvalue weighted by atomic mass is 9.62. The molecule has 1 saturated carbocycles. The Morgan fingerprint density at radius 2 is 2.11 bits per heavy atom. The molecule has 2 unspecified atom stereocenters. The fourth-order valence-corrected chi connectivity index (χ4v) is 6.60. The molecule has 2 heterocycles. The van der Waals surface area contributed by atoms with Crippen molar-refractivity contribution in [3.05, 3.63) is 29.8 Å². The second-order valence-corrected chi connectivity index (χ2v) is 7.46. The Balaban J connectivity index is 2.00. The minimum Gasteiger partial charge on any atom is -0.370 e. The van der Waals surface area contributed by atoms with Crippen LogP contribution in [0.2, 0.25) is 0 Å². The van der Waals surface area contributed by atoms with E-state index in [1.807, 2.05) is 18.2 Å². The summed E-state index contributed by atoms with van der Waals surface area (Å²) in [5, 5.41) is 14.0. The highest BCUT2D eigenvalue weighted by Gasteiger charge is 2.63. The van der Waals surface area contributed by atoms with Crippen LogP contribution in [0.3, 0.4) is 0 Å². The van der Waals surface area contributed by atoms with E-state index in [1.54, 1.807) is 0 Å². The number of hydrogen-bond donors (Lipinski definition) is 2. The van der Waals surface area contributed by atoms with Crippen LogP contribution in [0.5, 0.6) is 0 Å². The number of nitrogens with one attached hydrogen (secondary N) is 1. The van der Waals surface area contributed by atoms with E-state index in [0.29, 0.717) is 6.42 Å². The highest BCUT2D eigenvalue weighted by molar-refractivity contribution is 7.86. The summed E-state index contributed by atoms with van der Waals surface area (Å²) in [6.07, 6.45) is 3.72. The highest BCUT2D eigenvalue weighted by atomic mass is 32.2. The molecule has 3 nitrogen and oxygen atoms in total. The molecule has 2 aliphatic heterocycles. The van der Waals surface area contributed by atoms with Crippen LogP contribution in [0.4, 0.5) is 5.69 Å². The van der Waals surface area contributed by atoms with E-state index in [0.717, 1.165) is 30.7 Å². The van der Waals surface area contributed by atoms with E-state index in [-0.39, 0.29) is 10.7 Å². The van der Waals surface area contributed by atoms with Gasteiger partial charge in [-0.25, -0.2) is 0 Å². The van der Waals surface area contributed by atoms with Gasteiger partial charge in [-0.1, -0.05) is 18.2 Å². The Hall–Kier alpha value is -0.870. The number of benzene rings is 1. The van der Waals surface area contributed by atoms with Crippen LogP contribution in [0.25, 0.3) is 0 Å². The van der Waals surface area contributed by atoms with Gasteiger partial charge in [0.25, 0.3) is 0 Å². The minimum atomic E-state index is -0.964. The molecular weight excluding hydrogens is 246 g/mol. The van der Waals surface area contributed by atoms with Crippen LogP contribution in [-0.4, -0.2) is 26.0 Å². The number of anilines is 1. The van der Waals surface area contributed by atoms with Crippen LogP contribution in [-0.2, 0) is 16.2 Å². The lowest BCUT2D eigenvalue weighted by Gasteiger charge is -2.53. The average Bonchev–Trinajstić information content (AvgIpc) is 2.70. The lowest BCUT2D eigenvalue weighted by molar-refractivity contribution is 0.00153. The van der Waals surface area contributed by atoms with Crippen molar-refractivity contribution in [2.45, 2.75) is 42.1 Å². The third-order valence-corrected chi connectivity index (χ3v) is 6.92. The molecule has 2 fully saturated rings. The molecule has 0 amide bonds. The summed E-state index contributed by atoms with van der Waals surface area (Å²) < 4.78 is 12.3. The van der Waals surface area contributed by atoms with Gasteiger partial charge in [0.1, 0.15) is 0 Å². The van der Waals surface area contributed by atoms with Crippen molar-refractivity contribution in [1.82, 2.24) is 0 Å². The quantitative estimate of drug-likeness (QED) is 0.749. The van der Waals surface area contributed by atoms with Crippen molar-refractivity contribution < 1.29 is 9.32 Å². The third kappa shape index (κ3) is 1.16. The maximum atomic E-state index is 12.3. The number of fused-ring (bicyclic) bond motifs is 1. The molecule has 1 aromatic carbocycles. The minimum absolute atomic E-state index is 0.0558. The van der Waals surface area contributed by atoms with Crippen LogP contribution in [0, 0.1) is 0 Å². The van der Waals surface area contributed by atoms with E-state index in [4.69, 9.17) is 0 Å². The monoisotopic (exact) mass is 263 g/mol. The zero-order valence-corrected chi connectivity index (χ0v) is 11.0. The third-order valence-electron chi connectivity index (χ3n) is 4.94. The molecule has 4 heteroatoms. The Labute approximate surface area is 109 Å². The largest absolute Gasteiger partial charge is 0.370 e. The Morgan fingerprint density at radius 3 is 3.00 bits per heavy atom. The van der Waals surface area contributed by atoms with Gasteiger partial charge in [-0.05, 0) is 37.3 Å². The summed E-state index contributed by atoms with van der Waals surface area (Å²) in [4.78, 5) is 0. The first-order valence-electron chi connectivity index (χ1n) is 6.63. The van der Waals surface area contributed by atoms with Crippen LogP contribution in [0.15, 0.2) is 24.3 Å². The summed E-state index contributed by atoms with van der Waals surface area (Å²) in [7, 11) is -0.917. The molecule has 3 aliphatic rings. The van der Waals surface area contributed by atoms with Crippen molar-refractivity contribution in [1.29, 1.82) is 0 Å². The van der Waals surface area contributed by atoms with Gasteiger partial charge in [-0.3, -0.25) is 4.21 Å². The van der Waals surface area contributed by atoms with Gasteiger partial charge in [0.2, 0.25) is 0 Å². The van der Waals surface area contributed by atoms with Crippen molar-refractivity contribution in [2.75, 3.05) is 11.1 Å². The van der Waals surface area contributed by atoms with Crippen LogP contribution >= 0.6 is 0 Å². The Kier molecular flexibility index (Phi) is 2.06. The van der Waals surface area contributed by atoms with Crippen LogP contribution in [0.1, 0.15) is 31.2 Å². The van der Waals surface area contributed by atoms with Crippen molar-refractivity contribution in [2.24, 2.45) is 0 Å². The Bertz CT molecular complexity index is 546. The molecule has 1 saturated heterocycles. The SMILES string of the molecule is O=S1CC[C@@]23CCC[C@@](O)(Nc4ccccc42)C13. The van der Waals surface area contributed by atoms with E-state index in [9.17, 15) is 9.32 Å². The molecule has 2 bridgehead atoms. The molecule has 18 heavy (non-hydrogen) atoms. The van der Waals surface area contributed by atoms with Gasteiger partial charge >= 0.3 is 0 Å². The number of hydrogen-bond acceptors (Lipinski definition) is 3. The second-order valence-electron chi connectivity index (χ2n) is 5.82. The van der Waals surface area contributed by atoms with Gasteiger partial charge in [-0.15, -0.1) is 0 Å². The molecule has 0 aromatic heterocycles. The number of para-hydroxylation sites is 1. The van der Waals surface area contributed by atoms with Crippen molar-refractivity contribution in [3.8, 4) is 0 Å². The van der Waals surface area contributed by atoms with Crippen LogP contribution < -0.4 is 5.32 Å². The first-order valence-corrected chi connectivity index (χ1v) is 8.01. The molecule has 0 spiro atoms. The summed E-state index contributed by atoms with van der Waals surface area (Å²) in [6, 6.07) is 8.22. The molecule has 1 aliphatic carbocycles. The molecular formula is C14H17NO2S. The smallest absolute Gasteiger partial charge is 0.150 e. The van der Waals surface area contributed by atoms with E-state index < -0.39 is 16.5 Å². The van der Waals surface area contributed by atoms with Gasteiger partial charge in [-0.2, -0.15) is 0 Å². The second kappa shape index (κ2) is 3.36. The van der Waals surface area contributed by atoms with E-state index in [1.165, 1.54) is 5.56 Å². The molecule has 4 atom stereocenters. The highest BCUT2D eigenvalue weighted by Crippen LogP contribution is 2.57. The molecule has 2 N–H and O–H groups in total. The molecule has 0 radical (unpaired) electrons. The summed E-state index contributed by atoms with van der Waals surface area (Å²) >= 11 is 0. The van der Waals surface area contributed by atoms with Gasteiger partial charge in [0, 0.05) is 27.7 Å². The van der Waals surface area contributed by atoms with Gasteiger partial charge in [0.05, 0.1) is 5.25 Å². The predicted molar refractivity (Wildman–Crippen MR) is 72.0 cm³/mol. The maximum absolute atomic E-state index is 12.3. The summed E-state index contributed by atoms with van der Waals surface area (Å²) in [6.45, 7) is 0. The van der Waals surface area contributed by atoms with Gasteiger partial charge < -0.3 is 10.4 Å². The molecule has 4 rings (SSSR count). The fourth-order valence-electron chi connectivity index (χ4n) is 4.32. The predicted octanol–water partition coefficient (Wildman–Crippen LogP) is 1.74. The fraction of sp³-hybridized carbons (Fsp3) is 0.571. The van der Waals surface area contributed by atoms with Gasteiger partial charge in [0.15, 0.2) is 5.72 Å². The van der Waals surface area contributed by atoms with E-state index in [2.05, 4.69) is 11.4 Å². The first kappa shape index (κ1) is 11.0. The standard InChI is InChI=1S/C14H17NO2S/c16-14-7-3-6-13(8-9-18(17)12(13)14)10-4-1-2-5-11(10)15-14/h1-2,4-5,12,15-16H,3,6-9H2/t12?,13-,14-,18?/m0/s1. The normalized spacial score (nSPS) is 44.9. The molecule has 96 valence electrons. The zero-order valence-electron chi connectivity index (χ0n) is 10.2. The van der Waals surface area contributed by atoms with E-state index >= 15 is 0 Å². The van der Waals surface area contributed by atoms with Crippen molar-refractivity contribution >= 4 is 16.5 Å². The Morgan fingerprint density at radius 1 is 1.28 bits per heavy atom. The maximum Gasteiger partial charge on any atom is 0.150 e. The first-order chi connectivity index (χ1) is 8.66. The number of aliphatic hydroxyl groups is 1. The molecule has 1 aromatic rings. The number of rotatable bonds is 0. The zero-order chi connectivity index (χ0) is 12.4. The lowest BCUT2D eigenvalue weighted by Crippen LogP contribution is -2.63. The summed E-state index contributed by atoms with van der Waals surface area (Å²) in [5.74, 6) is 0.725. The average molecular weight is 263 g/mol. The van der Waals surface area contributed by atoms with Crippen molar-refractivity contribution in [3.63, 3.8) is 0 Å².